The van der Waals surface area contributed by atoms with Crippen molar-refractivity contribution in [1.29, 1.82) is 0 Å². The van der Waals surface area contributed by atoms with Gasteiger partial charge in [0.2, 0.25) is 0 Å². The highest BCUT2D eigenvalue weighted by Gasteiger charge is 2.18. The first-order valence-electron chi connectivity index (χ1n) is 8.12. The van der Waals surface area contributed by atoms with E-state index in [0.717, 1.165) is 22.3 Å². The van der Waals surface area contributed by atoms with Crippen molar-refractivity contribution >= 4 is 23.4 Å². The zero-order chi connectivity index (χ0) is 18.4. The number of ether oxygens (including phenoxy) is 2. The van der Waals surface area contributed by atoms with Gasteiger partial charge < -0.3 is 9.47 Å². The minimum atomic E-state index is -0.381. The molecule has 0 unspecified atom stereocenters. The van der Waals surface area contributed by atoms with Crippen LogP contribution < -0.4 is 0 Å². The molecule has 1 aromatic heterocycles. The highest BCUT2D eigenvalue weighted by atomic mass is 35.5. The Bertz CT molecular complexity index is 821. The maximum atomic E-state index is 6.00. The normalized spacial score (nSPS) is 11.2. The summed E-state index contributed by atoms with van der Waals surface area (Å²) in [4.78, 5) is 0. The molecule has 0 aliphatic heterocycles. The molecule has 0 saturated heterocycles. The number of hydrogen-bond acceptors (Lipinski definition) is 5. The van der Waals surface area contributed by atoms with Crippen molar-refractivity contribution < 1.29 is 9.47 Å². The standard InChI is InChI=1S/C19H20ClN3O2S/c1-24-17(25-2)12-23-18(15-8-10-16(20)11-9-15)21-22-19(23)26-13-14-6-4-3-5-7-14/h3-11,17H,12-13H2,1-2H3. The lowest BCUT2D eigenvalue weighted by molar-refractivity contribution is -0.111. The van der Waals surface area contributed by atoms with Crippen LogP contribution >= 0.6 is 23.4 Å². The molecular weight excluding hydrogens is 370 g/mol. The summed E-state index contributed by atoms with van der Waals surface area (Å²) in [7, 11) is 3.24. The van der Waals surface area contributed by atoms with Gasteiger partial charge in [0.1, 0.15) is 0 Å². The maximum Gasteiger partial charge on any atom is 0.191 e. The van der Waals surface area contributed by atoms with Crippen LogP contribution in [0, 0.1) is 0 Å². The predicted molar refractivity (Wildman–Crippen MR) is 104 cm³/mol. The molecule has 136 valence electrons. The van der Waals surface area contributed by atoms with Crippen LogP contribution in [0.25, 0.3) is 11.4 Å². The lowest BCUT2D eigenvalue weighted by Gasteiger charge is -2.17. The van der Waals surface area contributed by atoms with Crippen molar-refractivity contribution in [2.75, 3.05) is 14.2 Å². The number of hydrogen-bond donors (Lipinski definition) is 0. The first-order chi connectivity index (χ1) is 12.7. The van der Waals surface area contributed by atoms with Crippen LogP contribution in [-0.4, -0.2) is 35.3 Å². The molecule has 5 nitrogen and oxygen atoms in total. The molecule has 3 rings (SSSR count). The van der Waals surface area contributed by atoms with E-state index >= 15 is 0 Å². The number of aromatic nitrogens is 3. The van der Waals surface area contributed by atoms with Gasteiger partial charge in [0.15, 0.2) is 17.3 Å². The highest BCUT2D eigenvalue weighted by molar-refractivity contribution is 7.98. The van der Waals surface area contributed by atoms with Crippen LogP contribution in [0.4, 0.5) is 0 Å². The van der Waals surface area contributed by atoms with Gasteiger partial charge in [-0.25, -0.2) is 0 Å². The van der Waals surface area contributed by atoms with Gasteiger partial charge in [-0.2, -0.15) is 0 Å². The van der Waals surface area contributed by atoms with E-state index in [2.05, 4.69) is 22.3 Å². The van der Waals surface area contributed by atoms with E-state index in [0.29, 0.717) is 11.6 Å². The maximum absolute atomic E-state index is 6.00. The quantitative estimate of drug-likeness (QED) is 0.419. The fourth-order valence-electron chi connectivity index (χ4n) is 2.49. The molecule has 1 heterocycles. The van der Waals surface area contributed by atoms with Crippen molar-refractivity contribution in [3.05, 3.63) is 65.2 Å². The van der Waals surface area contributed by atoms with Crippen LogP contribution in [0.2, 0.25) is 5.02 Å². The number of halogens is 1. The second-order valence-electron chi connectivity index (χ2n) is 5.60. The molecular formula is C19H20ClN3O2S. The lowest BCUT2D eigenvalue weighted by atomic mass is 10.2. The van der Waals surface area contributed by atoms with E-state index in [1.165, 1.54) is 5.56 Å². The summed E-state index contributed by atoms with van der Waals surface area (Å²) in [6.45, 7) is 0.495. The fourth-order valence-corrected chi connectivity index (χ4v) is 3.52. The van der Waals surface area contributed by atoms with Crippen LogP contribution in [0.15, 0.2) is 59.8 Å². The van der Waals surface area contributed by atoms with Crippen LogP contribution in [-0.2, 0) is 21.8 Å². The minimum absolute atomic E-state index is 0.381. The molecule has 26 heavy (non-hydrogen) atoms. The Morgan fingerprint density at radius 1 is 1.00 bits per heavy atom. The molecule has 0 atom stereocenters. The van der Waals surface area contributed by atoms with E-state index in [-0.39, 0.29) is 6.29 Å². The molecule has 0 aliphatic carbocycles. The van der Waals surface area contributed by atoms with E-state index < -0.39 is 0 Å². The smallest absolute Gasteiger partial charge is 0.191 e. The van der Waals surface area contributed by atoms with Crippen molar-refractivity contribution in [2.24, 2.45) is 0 Å². The van der Waals surface area contributed by atoms with Crippen molar-refractivity contribution in [3.8, 4) is 11.4 Å². The number of benzene rings is 2. The number of rotatable bonds is 8. The van der Waals surface area contributed by atoms with Gasteiger partial charge in [-0.15, -0.1) is 10.2 Å². The minimum Gasteiger partial charge on any atom is -0.354 e. The Hall–Kier alpha value is -1.86. The largest absolute Gasteiger partial charge is 0.354 e. The molecule has 2 aromatic carbocycles. The van der Waals surface area contributed by atoms with E-state index in [4.69, 9.17) is 21.1 Å². The summed E-state index contributed by atoms with van der Waals surface area (Å²) < 4.78 is 12.8. The first-order valence-corrected chi connectivity index (χ1v) is 9.49. The third-order valence-electron chi connectivity index (χ3n) is 3.89. The van der Waals surface area contributed by atoms with Crippen LogP contribution in [0.5, 0.6) is 0 Å². The lowest BCUT2D eigenvalue weighted by Crippen LogP contribution is -2.21. The Kier molecular flexibility index (Phi) is 6.68. The van der Waals surface area contributed by atoms with Crippen LogP contribution in [0.3, 0.4) is 0 Å². The average molecular weight is 390 g/mol. The van der Waals surface area contributed by atoms with Crippen molar-refractivity contribution in [3.63, 3.8) is 0 Å². The molecule has 0 saturated carbocycles. The van der Waals surface area contributed by atoms with Gasteiger partial charge in [-0.1, -0.05) is 53.7 Å². The van der Waals surface area contributed by atoms with Gasteiger partial charge in [-0.3, -0.25) is 4.57 Å². The van der Waals surface area contributed by atoms with E-state index in [1.54, 1.807) is 26.0 Å². The third kappa shape index (κ3) is 4.65. The van der Waals surface area contributed by atoms with Crippen molar-refractivity contribution in [1.82, 2.24) is 14.8 Å². The topological polar surface area (TPSA) is 49.2 Å². The SMILES string of the molecule is COC(Cn1c(SCc2ccccc2)nnc1-c1ccc(Cl)cc1)OC. The Morgan fingerprint density at radius 3 is 2.35 bits per heavy atom. The molecule has 0 radical (unpaired) electrons. The van der Waals surface area contributed by atoms with Crippen LogP contribution in [0.1, 0.15) is 5.56 Å². The van der Waals surface area contributed by atoms with Crippen molar-refractivity contribution in [2.45, 2.75) is 23.7 Å². The number of thioether (sulfide) groups is 1. The molecule has 3 aromatic rings. The third-order valence-corrected chi connectivity index (χ3v) is 5.18. The first kappa shape index (κ1) is 18.9. The average Bonchev–Trinajstić information content (AvgIpc) is 3.08. The highest BCUT2D eigenvalue weighted by Crippen LogP contribution is 2.27. The molecule has 0 amide bonds. The number of nitrogens with zero attached hydrogens (tertiary/aromatic N) is 3. The van der Waals surface area contributed by atoms with E-state index in [9.17, 15) is 0 Å². The summed E-state index contributed by atoms with van der Waals surface area (Å²) in [5.41, 5.74) is 2.18. The van der Waals surface area contributed by atoms with Gasteiger partial charge >= 0.3 is 0 Å². The number of methoxy groups -OCH3 is 2. The van der Waals surface area contributed by atoms with E-state index in [1.807, 2.05) is 47.0 Å². The molecule has 0 bridgehead atoms. The monoisotopic (exact) mass is 389 g/mol. The molecule has 0 fully saturated rings. The zero-order valence-electron chi connectivity index (χ0n) is 14.6. The second kappa shape index (κ2) is 9.19. The fraction of sp³-hybridized carbons (Fsp3) is 0.263. The summed E-state index contributed by atoms with van der Waals surface area (Å²) in [5.74, 6) is 1.57. The summed E-state index contributed by atoms with van der Waals surface area (Å²) >= 11 is 7.64. The molecule has 0 N–H and O–H groups in total. The summed E-state index contributed by atoms with van der Waals surface area (Å²) in [6.07, 6.45) is -0.381. The molecule has 0 spiro atoms. The summed E-state index contributed by atoms with van der Waals surface area (Å²) in [6, 6.07) is 17.8. The zero-order valence-corrected chi connectivity index (χ0v) is 16.2. The van der Waals surface area contributed by atoms with Gasteiger partial charge in [0.05, 0.1) is 6.54 Å². The summed E-state index contributed by atoms with van der Waals surface area (Å²) in [5, 5.41) is 10.3. The van der Waals surface area contributed by atoms with Gasteiger partial charge in [0, 0.05) is 30.6 Å². The predicted octanol–water partition coefficient (Wildman–Crippen LogP) is 4.51. The Balaban J connectivity index is 1.89. The second-order valence-corrected chi connectivity index (χ2v) is 6.98. The van der Waals surface area contributed by atoms with Gasteiger partial charge in [0.25, 0.3) is 0 Å². The van der Waals surface area contributed by atoms with Gasteiger partial charge in [-0.05, 0) is 29.8 Å². The Labute approximate surface area is 162 Å². The Morgan fingerprint density at radius 2 is 1.69 bits per heavy atom. The molecule has 7 heteroatoms. The molecule has 0 aliphatic rings.